The zero-order chi connectivity index (χ0) is 24.1. The maximum absolute atomic E-state index is 13.7. The van der Waals surface area contributed by atoms with E-state index in [1.807, 2.05) is 36.1 Å². The van der Waals surface area contributed by atoms with Gasteiger partial charge < -0.3 is 14.6 Å². The lowest BCUT2D eigenvalue weighted by molar-refractivity contribution is -0.144. The molecule has 4 rings (SSSR count). The number of halogens is 1. The number of benzene rings is 2. The van der Waals surface area contributed by atoms with Gasteiger partial charge in [0.15, 0.2) is 0 Å². The predicted octanol–water partition coefficient (Wildman–Crippen LogP) is 4.62. The van der Waals surface area contributed by atoms with Crippen LogP contribution in [-0.4, -0.2) is 45.6 Å². The lowest BCUT2D eigenvalue weighted by Crippen LogP contribution is -2.44. The summed E-state index contributed by atoms with van der Waals surface area (Å²) in [6.07, 6.45) is 4.13. The zero-order valence-corrected chi connectivity index (χ0v) is 19.3. The second-order valence-corrected chi connectivity index (χ2v) is 8.40. The maximum atomic E-state index is 13.7. The number of hydrogen-bond acceptors (Lipinski definition) is 6. The Morgan fingerprint density at radius 3 is 2.79 bits per heavy atom. The summed E-state index contributed by atoms with van der Waals surface area (Å²) in [5.74, 6) is -0.723. The van der Waals surface area contributed by atoms with Gasteiger partial charge >= 0.3 is 12.0 Å². The Balaban J connectivity index is 1.48. The van der Waals surface area contributed by atoms with Crippen molar-refractivity contribution >= 4 is 5.97 Å². The van der Waals surface area contributed by atoms with Crippen LogP contribution in [0.4, 0.5) is 4.39 Å². The van der Waals surface area contributed by atoms with Crippen LogP contribution in [0.15, 0.2) is 48.7 Å². The van der Waals surface area contributed by atoms with Crippen LogP contribution in [0.3, 0.4) is 0 Å². The molecule has 0 saturated carbocycles. The zero-order valence-electron chi connectivity index (χ0n) is 19.3. The molecule has 0 spiro atoms. The third kappa shape index (κ3) is 5.34. The average molecular weight is 466 g/mol. The molecule has 3 aromatic rings. The Labute approximate surface area is 198 Å². The molecule has 1 N–H and O–H groups in total. The number of methoxy groups -OCH3 is 1. The summed E-state index contributed by atoms with van der Waals surface area (Å²) in [6.45, 7) is 3.32. The second kappa shape index (κ2) is 10.6. The topological polar surface area (TPSA) is 84.8 Å². The van der Waals surface area contributed by atoms with E-state index in [4.69, 9.17) is 9.47 Å². The van der Waals surface area contributed by atoms with Crippen molar-refractivity contribution in [2.75, 3.05) is 13.7 Å². The van der Waals surface area contributed by atoms with Gasteiger partial charge in [-0.05, 0) is 60.7 Å². The monoisotopic (exact) mass is 465 g/mol. The van der Waals surface area contributed by atoms with E-state index in [1.165, 1.54) is 19.2 Å². The van der Waals surface area contributed by atoms with E-state index in [0.717, 1.165) is 35.1 Å². The third-order valence-corrected chi connectivity index (χ3v) is 6.21. The van der Waals surface area contributed by atoms with E-state index in [2.05, 4.69) is 9.97 Å². The number of likely N-dealkylation sites (tertiary alicyclic amines) is 1. The first-order valence-electron chi connectivity index (χ1n) is 11.3. The van der Waals surface area contributed by atoms with Gasteiger partial charge in [-0.15, -0.1) is 0 Å². The molecule has 7 nitrogen and oxygen atoms in total. The highest BCUT2D eigenvalue weighted by Crippen LogP contribution is 2.28. The van der Waals surface area contributed by atoms with E-state index in [0.29, 0.717) is 31.0 Å². The van der Waals surface area contributed by atoms with Crippen molar-refractivity contribution < 1.29 is 23.8 Å². The van der Waals surface area contributed by atoms with Crippen LogP contribution >= 0.6 is 0 Å². The number of hydrogen-bond donors (Lipinski definition) is 1. The maximum Gasteiger partial charge on any atom is 0.320 e. The Kier molecular flexibility index (Phi) is 7.37. The molecule has 1 atom stereocenters. The minimum atomic E-state index is -0.810. The van der Waals surface area contributed by atoms with E-state index in [1.54, 1.807) is 12.3 Å². The lowest BCUT2D eigenvalue weighted by atomic mass is 9.97. The van der Waals surface area contributed by atoms with Crippen LogP contribution in [0.5, 0.6) is 11.9 Å². The number of aliphatic carboxylic acids is 1. The molecule has 178 valence electrons. The molecule has 1 aliphatic heterocycles. The standard InChI is InChI=1S/C26H28FN3O4/c1-17-19(8-6-10-22(17)18-7-5-9-21(27)13-18)16-34-26-28-14-20(24(29-26)33-2)15-30-12-4-3-11-23(30)25(31)32/h5-10,13-14,23H,3-4,11-12,15-16H2,1-2H3,(H,31,32)/t23-/m0/s1. The summed E-state index contributed by atoms with van der Waals surface area (Å²) < 4.78 is 25.0. The summed E-state index contributed by atoms with van der Waals surface area (Å²) in [5, 5.41) is 9.52. The molecule has 1 fully saturated rings. The first kappa shape index (κ1) is 23.6. The van der Waals surface area contributed by atoms with Crippen molar-refractivity contribution in [3.8, 4) is 23.0 Å². The summed E-state index contributed by atoms with van der Waals surface area (Å²) in [5.41, 5.74) is 4.38. The quantitative estimate of drug-likeness (QED) is 0.520. The van der Waals surface area contributed by atoms with Gasteiger partial charge in [0.1, 0.15) is 18.5 Å². The number of carboxylic acid groups (broad SMARTS) is 1. The number of carboxylic acids is 1. The van der Waals surface area contributed by atoms with Crippen LogP contribution in [0.1, 0.15) is 36.0 Å². The highest BCUT2D eigenvalue weighted by atomic mass is 19.1. The van der Waals surface area contributed by atoms with Crippen LogP contribution < -0.4 is 9.47 Å². The predicted molar refractivity (Wildman–Crippen MR) is 125 cm³/mol. The van der Waals surface area contributed by atoms with Gasteiger partial charge in [-0.2, -0.15) is 4.98 Å². The second-order valence-electron chi connectivity index (χ2n) is 8.40. The van der Waals surface area contributed by atoms with Crippen LogP contribution in [-0.2, 0) is 17.9 Å². The molecular weight excluding hydrogens is 437 g/mol. The SMILES string of the molecule is COc1nc(OCc2cccc(-c3cccc(F)c3)c2C)ncc1CN1CCCC[C@H]1C(=O)O. The molecule has 1 aliphatic rings. The molecule has 1 saturated heterocycles. The molecule has 34 heavy (non-hydrogen) atoms. The molecule has 0 radical (unpaired) electrons. The van der Waals surface area contributed by atoms with Gasteiger partial charge in [0.2, 0.25) is 5.88 Å². The molecule has 0 amide bonds. The highest BCUT2D eigenvalue weighted by Gasteiger charge is 2.29. The van der Waals surface area contributed by atoms with Gasteiger partial charge in [-0.1, -0.05) is 36.8 Å². The van der Waals surface area contributed by atoms with Gasteiger partial charge in [0.25, 0.3) is 0 Å². The van der Waals surface area contributed by atoms with Crippen LogP contribution in [0, 0.1) is 12.7 Å². The van der Waals surface area contributed by atoms with Gasteiger partial charge in [-0.25, -0.2) is 9.37 Å². The molecule has 0 unspecified atom stereocenters. The van der Waals surface area contributed by atoms with Crippen molar-refractivity contribution in [1.82, 2.24) is 14.9 Å². The molecule has 1 aromatic heterocycles. The number of carbonyl (C=O) groups is 1. The highest BCUT2D eigenvalue weighted by molar-refractivity contribution is 5.73. The number of aromatic nitrogens is 2. The number of rotatable bonds is 8. The Hall–Kier alpha value is -3.52. The molecule has 0 bridgehead atoms. The van der Waals surface area contributed by atoms with Crippen molar-refractivity contribution in [3.63, 3.8) is 0 Å². The lowest BCUT2D eigenvalue weighted by Gasteiger charge is -2.32. The molecule has 8 heteroatoms. The fraction of sp³-hybridized carbons (Fsp3) is 0.346. The Morgan fingerprint density at radius 2 is 2.03 bits per heavy atom. The number of ether oxygens (including phenoxy) is 2. The first-order valence-corrected chi connectivity index (χ1v) is 11.3. The normalized spacial score (nSPS) is 16.3. The largest absolute Gasteiger partial charge is 0.481 e. The summed E-state index contributed by atoms with van der Waals surface area (Å²) >= 11 is 0. The fourth-order valence-electron chi connectivity index (χ4n) is 4.36. The molecular formula is C26H28FN3O4. The number of piperidine rings is 1. The van der Waals surface area contributed by atoms with E-state index < -0.39 is 12.0 Å². The van der Waals surface area contributed by atoms with Gasteiger partial charge in [0.05, 0.1) is 7.11 Å². The first-order chi connectivity index (χ1) is 16.5. The van der Waals surface area contributed by atoms with Crippen molar-refractivity contribution in [1.29, 1.82) is 0 Å². The number of nitrogens with zero attached hydrogens (tertiary/aromatic N) is 3. The minimum Gasteiger partial charge on any atom is -0.481 e. The Bertz CT molecular complexity index is 1170. The Morgan fingerprint density at radius 1 is 1.21 bits per heavy atom. The smallest absolute Gasteiger partial charge is 0.320 e. The van der Waals surface area contributed by atoms with Crippen LogP contribution in [0.2, 0.25) is 0 Å². The van der Waals surface area contributed by atoms with Crippen LogP contribution in [0.25, 0.3) is 11.1 Å². The average Bonchev–Trinajstić information content (AvgIpc) is 2.84. The molecule has 0 aliphatic carbocycles. The van der Waals surface area contributed by atoms with E-state index in [9.17, 15) is 14.3 Å². The summed E-state index contributed by atoms with van der Waals surface area (Å²) in [6, 6.07) is 12.0. The van der Waals surface area contributed by atoms with E-state index >= 15 is 0 Å². The fourth-order valence-corrected chi connectivity index (χ4v) is 4.36. The van der Waals surface area contributed by atoms with Crippen molar-refractivity contribution in [3.05, 3.63) is 71.2 Å². The van der Waals surface area contributed by atoms with Gasteiger partial charge in [0, 0.05) is 18.3 Å². The minimum absolute atomic E-state index is 0.171. The van der Waals surface area contributed by atoms with E-state index in [-0.39, 0.29) is 18.4 Å². The molecule has 2 aromatic carbocycles. The van der Waals surface area contributed by atoms with Crippen molar-refractivity contribution in [2.24, 2.45) is 0 Å². The molecule has 2 heterocycles. The van der Waals surface area contributed by atoms with Crippen molar-refractivity contribution in [2.45, 2.75) is 45.4 Å². The third-order valence-electron chi connectivity index (χ3n) is 6.21. The van der Waals surface area contributed by atoms with Gasteiger partial charge in [-0.3, -0.25) is 9.69 Å². The summed E-state index contributed by atoms with van der Waals surface area (Å²) in [7, 11) is 1.52. The summed E-state index contributed by atoms with van der Waals surface area (Å²) in [4.78, 5) is 22.2.